The van der Waals surface area contributed by atoms with Gasteiger partial charge in [0.25, 0.3) is 0 Å². The lowest BCUT2D eigenvalue weighted by Gasteiger charge is -2.11. The summed E-state index contributed by atoms with van der Waals surface area (Å²) >= 11 is 0. The lowest BCUT2D eigenvalue weighted by atomic mass is 10.1. The zero-order valence-corrected chi connectivity index (χ0v) is 12.2. The first-order chi connectivity index (χ1) is 10.3. The Kier molecular flexibility index (Phi) is 4.40. The first-order valence-corrected chi connectivity index (χ1v) is 6.36. The quantitative estimate of drug-likeness (QED) is 0.489. The number of aryl methyl sites for hydroxylation is 2. The van der Waals surface area contributed by atoms with Crippen molar-refractivity contribution in [2.45, 2.75) is 13.8 Å². The summed E-state index contributed by atoms with van der Waals surface area (Å²) in [4.78, 5) is 12.0. The van der Waals surface area contributed by atoms with Gasteiger partial charge in [-0.25, -0.2) is 13.6 Å². The fraction of sp³-hybridized carbons (Fsp3) is 0.188. The maximum absolute atomic E-state index is 14.0. The van der Waals surface area contributed by atoms with E-state index in [-0.39, 0.29) is 5.75 Å². The van der Waals surface area contributed by atoms with Crippen molar-refractivity contribution >= 4 is 5.97 Å². The molecule has 0 aliphatic rings. The van der Waals surface area contributed by atoms with Crippen molar-refractivity contribution in [3.8, 4) is 11.5 Å². The molecule has 0 amide bonds. The summed E-state index contributed by atoms with van der Waals surface area (Å²) in [6.07, 6.45) is 0. The van der Waals surface area contributed by atoms with Crippen LogP contribution in [0.15, 0.2) is 24.3 Å². The van der Waals surface area contributed by atoms with Gasteiger partial charge in [-0.05, 0) is 31.5 Å². The van der Waals surface area contributed by atoms with E-state index in [0.717, 1.165) is 12.7 Å². The number of carbonyl (C=O) groups is 1. The topological polar surface area (TPSA) is 35.5 Å². The predicted octanol–water partition coefficient (Wildman–Crippen LogP) is 3.95. The minimum absolute atomic E-state index is 0.207. The van der Waals surface area contributed by atoms with Gasteiger partial charge in [0, 0.05) is 0 Å². The molecule has 0 unspecified atom stereocenters. The predicted molar refractivity (Wildman–Crippen MR) is 73.7 cm³/mol. The Morgan fingerprint density at radius 2 is 1.73 bits per heavy atom. The monoisotopic (exact) mass is 310 g/mol. The number of halogens is 3. The molecule has 116 valence electrons. The van der Waals surface area contributed by atoms with Gasteiger partial charge in [-0.3, -0.25) is 0 Å². The van der Waals surface area contributed by atoms with Gasteiger partial charge in [0.15, 0.2) is 17.4 Å². The molecule has 2 rings (SSSR count). The molecule has 0 saturated heterocycles. The molecule has 2 aromatic rings. The number of benzene rings is 2. The van der Waals surface area contributed by atoms with Crippen LogP contribution in [-0.2, 0) is 0 Å². The van der Waals surface area contributed by atoms with Gasteiger partial charge in [0.05, 0.1) is 7.11 Å². The molecule has 0 bridgehead atoms. The maximum atomic E-state index is 14.0. The lowest BCUT2D eigenvalue weighted by molar-refractivity contribution is 0.0726. The molecule has 22 heavy (non-hydrogen) atoms. The molecule has 2 aromatic carbocycles. The zero-order valence-electron chi connectivity index (χ0n) is 12.2. The standard InChI is InChI=1S/C16H13F3O3/c1-8-4-5-12(9(2)6-8)22-16(20)10-7-11(17)14(19)15(21-3)13(10)18/h4-7H,1-3H3. The highest BCUT2D eigenvalue weighted by Crippen LogP contribution is 2.28. The molecule has 0 fully saturated rings. The van der Waals surface area contributed by atoms with E-state index in [1.807, 2.05) is 6.92 Å². The first kappa shape index (κ1) is 15.9. The van der Waals surface area contributed by atoms with Crippen LogP contribution in [0.5, 0.6) is 11.5 Å². The van der Waals surface area contributed by atoms with Crippen molar-refractivity contribution in [2.24, 2.45) is 0 Å². The Labute approximate surface area is 125 Å². The van der Waals surface area contributed by atoms with Gasteiger partial charge in [-0.1, -0.05) is 17.7 Å². The Hall–Kier alpha value is -2.50. The lowest BCUT2D eigenvalue weighted by Crippen LogP contribution is -2.14. The van der Waals surface area contributed by atoms with Crippen LogP contribution in [0.3, 0.4) is 0 Å². The Bertz CT molecular complexity index is 742. The molecule has 0 radical (unpaired) electrons. The van der Waals surface area contributed by atoms with E-state index in [0.29, 0.717) is 11.6 Å². The molecule has 0 saturated carbocycles. The van der Waals surface area contributed by atoms with Gasteiger partial charge >= 0.3 is 5.97 Å². The van der Waals surface area contributed by atoms with Gasteiger partial charge in [0.2, 0.25) is 5.82 Å². The van der Waals surface area contributed by atoms with Gasteiger partial charge in [-0.2, -0.15) is 4.39 Å². The second-order valence-corrected chi connectivity index (χ2v) is 4.73. The SMILES string of the molecule is COc1c(F)c(F)cc(C(=O)Oc2ccc(C)cc2C)c1F. The Morgan fingerprint density at radius 1 is 1.05 bits per heavy atom. The second kappa shape index (κ2) is 6.09. The fourth-order valence-electron chi connectivity index (χ4n) is 1.98. The molecule has 0 spiro atoms. The number of hydrogen-bond donors (Lipinski definition) is 0. The van der Waals surface area contributed by atoms with Crippen molar-refractivity contribution < 1.29 is 27.4 Å². The summed E-state index contributed by atoms with van der Waals surface area (Å²) in [5.41, 5.74) is 0.872. The minimum atomic E-state index is -1.50. The number of ether oxygens (including phenoxy) is 2. The number of carbonyl (C=O) groups excluding carboxylic acids is 1. The van der Waals surface area contributed by atoms with Gasteiger partial charge in [0.1, 0.15) is 11.3 Å². The van der Waals surface area contributed by atoms with E-state index < -0.39 is 34.7 Å². The average Bonchev–Trinajstić information content (AvgIpc) is 2.46. The Morgan fingerprint density at radius 3 is 2.32 bits per heavy atom. The first-order valence-electron chi connectivity index (χ1n) is 6.36. The van der Waals surface area contributed by atoms with Crippen LogP contribution in [0.4, 0.5) is 13.2 Å². The highest BCUT2D eigenvalue weighted by atomic mass is 19.2. The molecule has 0 aromatic heterocycles. The van der Waals surface area contributed by atoms with Crippen LogP contribution >= 0.6 is 0 Å². The number of esters is 1. The van der Waals surface area contributed by atoms with E-state index in [1.54, 1.807) is 19.1 Å². The summed E-state index contributed by atoms with van der Waals surface area (Å²) in [6, 6.07) is 5.46. The number of hydrogen-bond acceptors (Lipinski definition) is 3. The maximum Gasteiger partial charge on any atom is 0.346 e. The van der Waals surface area contributed by atoms with Crippen molar-refractivity contribution in [2.75, 3.05) is 7.11 Å². The van der Waals surface area contributed by atoms with Crippen molar-refractivity contribution in [3.05, 3.63) is 58.4 Å². The molecular formula is C16H13F3O3. The van der Waals surface area contributed by atoms with Crippen LogP contribution in [0.1, 0.15) is 21.5 Å². The van der Waals surface area contributed by atoms with Crippen molar-refractivity contribution in [1.82, 2.24) is 0 Å². The number of methoxy groups -OCH3 is 1. The molecule has 0 aliphatic heterocycles. The average molecular weight is 310 g/mol. The molecule has 0 atom stereocenters. The van der Waals surface area contributed by atoms with Crippen molar-refractivity contribution in [1.29, 1.82) is 0 Å². The second-order valence-electron chi connectivity index (χ2n) is 4.73. The van der Waals surface area contributed by atoms with Gasteiger partial charge in [-0.15, -0.1) is 0 Å². The summed E-state index contributed by atoms with van der Waals surface area (Å²) in [5, 5.41) is 0. The van der Waals surface area contributed by atoms with E-state index in [9.17, 15) is 18.0 Å². The zero-order chi connectivity index (χ0) is 16.4. The third kappa shape index (κ3) is 2.90. The van der Waals surface area contributed by atoms with Crippen LogP contribution in [0.25, 0.3) is 0 Å². The highest BCUT2D eigenvalue weighted by molar-refractivity contribution is 5.92. The van der Waals surface area contributed by atoms with Crippen LogP contribution in [-0.4, -0.2) is 13.1 Å². The molecule has 3 nitrogen and oxygen atoms in total. The molecule has 0 heterocycles. The highest BCUT2D eigenvalue weighted by Gasteiger charge is 2.25. The smallest absolute Gasteiger partial charge is 0.346 e. The van der Waals surface area contributed by atoms with Gasteiger partial charge < -0.3 is 9.47 Å². The molecular weight excluding hydrogens is 297 g/mol. The van der Waals surface area contributed by atoms with E-state index in [1.165, 1.54) is 6.07 Å². The van der Waals surface area contributed by atoms with Crippen LogP contribution in [0, 0.1) is 31.3 Å². The molecule has 0 aliphatic carbocycles. The third-order valence-electron chi connectivity index (χ3n) is 3.07. The molecule has 6 heteroatoms. The molecule has 0 N–H and O–H groups in total. The third-order valence-corrected chi connectivity index (χ3v) is 3.07. The van der Waals surface area contributed by atoms with E-state index in [2.05, 4.69) is 4.74 Å². The normalized spacial score (nSPS) is 10.5. The van der Waals surface area contributed by atoms with Crippen molar-refractivity contribution in [3.63, 3.8) is 0 Å². The summed E-state index contributed by atoms with van der Waals surface area (Å²) in [7, 11) is 0.972. The summed E-state index contributed by atoms with van der Waals surface area (Å²) in [5.74, 6) is -6.10. The van der Waals surface area contributed by atoms with E-state index in [4.69, 9.17) is 4.74 Å². The minimum Gasteiger partial charge on any atom is -0.491 e. The van der Waals surface area contributed by atoms with Crippen LogP contribution in [0.2, 0.25) is 0 Å². The fourth-order valence-corrected chi connectivity index (χ4v) is 1.98. The Balaban J connectivity index is 2.40. The summed E-state index contributed by atoms with van der Waals surface area (Å²) < 4.78 is 50.2. The van der Waals surface area contributed by atoms with Crippen LogP contribution < -0.4 is 9.47 Å². The summed E-state index contributed by atoms with van der Waals surface area (Å²) in [6.45, 7) is 3.57. The van der Waals surface area contributed by atoms with E-state index >= 15 is 0 Å². The largest absolute Gasteiger partial charge is 0.491 e. The number of rotatable bonds is 3.